The van der Waals surface area contributed by atoms with E-state index in [0.717, 1.165) is 28.0 Å². The van der Waals surface area contributed by atoms with Crippen LogP contribution in [0.4, 0.5) is 13.2 Å². The van der Waals surface area contributed by atoms with Crippen molar-refractivity contribution in [3.63, 3.8) is 0 Å². The number of alkyl halides is 3. The third kappa shape index (κ3) is 2.08. The van der Waals surface area contributed by atoms with Gasteiger partial charge in [0.15, 0.2) is 5.82 Å². The molecule has 0 atom stereocenters. The van der Waals surface area contributed by atoms with Gasteiger partial charge in [-0.1, -0.05) is 18.2 Å². The third-order valence-corrected chi connectivity index (χ3v) is 3.92. The first-order chi connectivity index (χ1) is 10.9. The summed E-state index contributed by atoms with van der Waals surface area (Å²) in [6.07, 6.45) is -2.01. The Hall–Kier alpha value is -2.83. The van der Waals surface area contributed by atoms with Gasteiger partial charge in [0.2, 0.25) is 0 Å². The molecular weight excluding hydrogens is 305 g/mol. The Balaban J connectivity index is 1.92. The minimum Gasteiger partial charge on any atom is -0.342 e. The molecule has 0 saturated carbocycles. The molecule has 1 aromatic carbocycles. The minimum atomic E-state index is -4.45. The maximum absolute atomic E-state index is 12.7. The highest BCUT2D eigenvalue weighted by Gasteiger charge is 2.33. The predicted molar refractivity (Wildman–Crippen MR) is 80.8 cm³/mol. The number of fused-ring (bicyclic) bond motifs is 3. The van der Waals surface area contributed by atoms with E-state index in [4.69, 9.17) is 0 Å². The van der Waals surface area contributed by atoms with Crippen LogP contribution in [0.3, 0.4) is 0 Å². The van der Waals surface area contributed by atoms with Crippen molar-refractivity contribution >= 4 is 21.8 Å². The van der Waals surface area contributed by atoms with Crippen molar-refractivity contribution in [1.29, 1.82) is 0 Å². The van der Waals surface area contributed by atoms with Gasteiger partial charge < -0.3 is 9.55 Å². The number of hydrogen-bond acceptors (Lipinski definition) is 2. The molecule has 0 aliphatic carbocycles. The molecule has 0 fully saturated rings. The van der Waals surface area contributed by atoms with E-state index in [1.165, 1.54) is 0 Å². The molecule has 7 heteroatoms. The fourth-order valence-corrected chi connectivity index (χ4v) is 2.78. The summed E-state index contributed by atoms with van der Waals surface area (Å²) in [6.45, 7) is 0. The fraction of sp³-hybridized carbons (Fsp3) is 0.125. The number of nitrogens with zero attached hydrogens (tertiary/aromatic N) is 3. The van der Waals surface area contributed by atoms with E-state index < -0.39 is 11.9 Å². The van der Waals surface area contributed by atoms with Crippen LogP contribution in [-0.4, -0.2) is 19.5 Å². The average molecular weight is 316 g/mol. The van der Waals surface area contributed by atoms with Gasteiger partial charge in [0, 0.05) is 23.3 Å². The standard InChI is InChI=1S/C16H11F3N4/c1-23-12-5-3-2-4-9(12)10-6-11(20-7-13(10)23)15-21-8-14(22-15)16(17,18)19/h2-8H,1H3,(H,21,22). The number of aromatic nitrogens is 4. The Labute approximate surface area is 128 Å². The number of rotatable bonds is 1. The summed E-state index contributed by atoms with van der Waals surface area (Å²) in [7, 11) is 1.93. The first kappa shape index (κ1) is 13.8. The van der Waals surface area contributed by atoms with Gasteiger partial charge in [-0.05, 0) is 12.1 Å². The van der Waals surface area contributed by atoms with Crippen LogP contribution in [0, 0.1) is 0 Å². The van der Waals surface area contributed by atoms with Crippen molar-refractivity contribution in [3.8, 4) is 11.5 Å². The number of nitrogens with one attached hydrogen (secondary N) is 1. The first-order valence-electron chi connectivity index (χ1n) is 6.91. The van der Waals surface area contributed by atoms with Gasteiger partial charge in [0.25, 0.3) is 0 Å². The summed E-state index contributed by atoms with van der Waals surface area (Å²) in [6, 6.07) is 9.60. The molecule has 1 N–H and O–H groups in total. The lowest BCUT2D eigenvalue weighted by atomic mass is 10.1. The van der Waals surface area contributed by atoms with Crippen molar-refractivity contribution < 1.29 is 13.2 Å². The van der Waals surface area contributed by atoms with Crippen LogP contribution in [0.1, 0.15) is 5.69 Å². The Bertz CT molecular complexity index is 1030. The number of pyridine rings is 1. The van der Waals surface area contributed by atoms with E-state index in [0.29, 0.717) is 5.69 Å². The van der Waals surface area contributed by atoms with Crippen LogP contribution in [-0.2, 0) is 13.2 Å². The normalized spacial score (nSPS) is 12.3. The zero-order valence-corrected chi connectivity index (χ0v) is 12.0. The molecule has 23 heavy (non-hydrogen) atoms. The average Bonchev–Trinajstić information content (AvgIpc) is 3.12. The van der Waals surface area contributed by atoms with Crippen LogP contribution in [0.5, 0.6) is 0 Å². The van der Waals surface area contributed by atoms with Crippen LogP contribution >= 0.6 is 0 Å². The number of halogens is 3. The minimum absolute atomic E-state index is 0.104. The van der Waals surface area contributed by atoms with E-state index in [-0.39, 0.29) is 5.82 Å². The molecular formula is C16H11F3N4. The van der Waals surface area contributed by atoms with Gasteiger partial charge in [-0.15, -0.1) is 0 Å². The lowest BCUT2D eigenvalue weighted by Gasteiger charge is -2.02. The number of aryl methyl sites for hydroxylation is 1. The summed E-state index contributed by atoms with van der Waals surface area (Å²) < 4.78 is 40.1. The Morgan fingerprint density at radius 1 is 1.00 bits per heavy atom. The van der Waals surface area contributed by atoms with Gasteiger partial charge in [-0.25, -0.2) is 4.98 Å². The second-order valence-electron chi connectivity index (χ2n) is 5.31. The van der Waals surface area contributed by atoms with Gasteiger partial charge in [0.05, 0.1) is 17.9 Å². The summed E-state index contributed by atoms with van der Waals surface area (Å²) in [5, 5.41) is 1.95. The maximum Gasteiger partial charge on any atom is 0.432 e. The Kier molecular flexibility index (Phi) is 2.75. The molecule has 0 bridgehead atoms. The summed E-state index contributed by atoms with van der Waals surface area (Å²) >= 11 is 0. The van der Waals surface area contributed by atoms with Gasteiger partial charge in [0.1, 0.15) is 11.4 Å². The molecule has 3 heterocycles. The molecule has 0 saturated heterocycles. The fourth-order valence-electron chi connectivity index (χ4n) is 2.78. The van der Waals surface area contributed by atoms with Crippen molar-refractivity contribution in [2.45, 2.75) is 6.18 Å². The molecule has 0 amide bonds. The number of imidazole rings is 1. The summed E-state index contributed by atoms with van der Waals surface area (Å²) in [4.78, 5) is 10.3. The number of hydrogen-bond donors (Lipinski definition) is 1. The highest BCUT2D eigenvalue weighted by atomic mass is 19.4. The van der Waals surface area contributed by atoms with Crippen LogP contribution in [0.25, 0.3) is 33.3 Å². The summed E-state index contributed by atoms with van der Waals surface area (Å²) in [5.41, 5.74) is 1.45. The Morgan fingerprint density at radius 3 is 2.52 bits per heavy atom. The SMILES string of the molecule is Cn1c2ccccc2c2cc(-c3ncc(C(F)(F)F)[nH]3)ncc21. The van der Waals surface area contributed by atoms with Crippen LogP contribution in [0.15, 0.2) is 42.7 Å². The largest absolute Gasteiger partial charge is 0.432 e. The monoisotopic (exact) mass is 316 g/mol. The lowest BCUT2D eigenvalue weighted by Crippen LogP contribution is -2.04. The zero-order valence-electron chi connectivity index (χ0n) is 12.0. The van der Waals surface area contributed by atoms with Crippen LogP contribution in [0.2, 0.25) is 0 Å². The van der Waals surface area contributed by atoms with Crippen molar-refractivity contribution in [3.05, 3.63) is 48.4 Å². The number of para-hydroxylation sites is 1. The molecule has 116 valence electrons. The predicted octanol–water partition coefficient (Wildman–Crippen LogP) is 4.14. The molecule has 4 nitrogen and oxygen atoms in total. The number of aromatic amines is 1. The van der Waals surface area contributed by atoms with Gasteiger partial charge >= 0.3 is 6.18 Å². The number of H-pyrrole nitrogens is 1. The zero-order chi connectivity index (χ0) is 16.2. The molecule has 4 aromatic rings. The van der Waals surface area contributed by atoms with E-state index in [9.17, 15) is 13.2 Å². The molecule has 0 radical (unpaired) electrons. The summed E-state index contributed by atoms with van der Waals surface area (Å²) in [5.74, 6) is 0.104. The van der Waals surface area contributed by atoms with E-state index >= 15 is 0 Å². The smallest absolute Gasteiger partial charge is 0.342 e. The van der Waals surface area contributed by atoms with Gasteiger partial charge in [-0.3, -0.25) is 4.98 Å². The lowest BCUT2D eigenvalue weighted by molar-refractivity contribution is -0.140. The molecule has 0 spiro atoms. The highest BCUT2D eigenvalue weighted by Crippen LogP contribution is 2.32. The molecule has 4 rings (SSSR count). The Morgan fingerprint density at radius 2 is 1.78 bits per heavy atom. The molecule has 0 aliphatic heterocycles. The van der Waals surface area contributed by atoms with Crippen LogP contribution < -0.4 is 0 Å². The van der Waals surface area contributed by atoms with E-state index in [1.807, 2.05) is 35.9 Å². The highest BCUT2D eigenvalue weighted by molar-refractivity contribution is 6.08. The number of benzene rings is 1. The quantitative estimate of drug-likeness (QED) is 0.574. The van der Waals surface area contributed by atoms with E-state index in [1.54, 1.807) is 12.3 Å². The topological polar surface area (TPSA) is 46.5 Å². The third-order valence-electron chi connectivity index (χ3n) is 3.92. The van der Waals surface area contributed by atoms with Crippen molar-refractivity contribution in [2.24, 2.45) is 7.05 Å². The van der Waals surface area contributed by atoms with Gasteiger partial charge in [-0.2, -0.15) is 13.2 Å². The van der Waals surface area contributed by atoms with E-state index in [2.05, 4.69) is 15.0 Å². The molecule has 0 aliphatic rings. The molecule has 0 unspecified atom stereocenters. The van der Waals surface area contributed by atoms with Crippen molar-refractivity contribution in [2.75, 3.05) is 0 Å². The second-order valence-corrected chi connectivity index (χ2v) is 5.31. The second kappa shape index (κ2) is 4.58. The van der Waals surface area contributed by atoms with Crippen molar-refractivity contribution in [1.82, 2.24) is 19.5 Å². The first-order valence-corrected chi connectivity index (χ1v) is 6.91. The maximum atomic E-state index is 12.7. The molecule has 3 aromatic heterocycles.